The summed E-state index contributed by atoms with van der Waals surface area (Å²) in [5.74, 6) is 0.518. The Morgan fingerprint density at radius 3 is 2.78 bits per heavy atom. The van der Waals surface area contributed by atoms with Crippen LogP contribution in [0.4, 0.5) is 0 Å². The third-order valence-corrected chi connectivity index (χ3v) is 4.33. The molecule has 2 heterocycles. The summed E-state index contributed by atoms with van der Waals surface area (Å²) in [7, 11) is 1.99. The lowest BCUT2D eigenvalue weighted by molar-refractivity contribution is 0.586. The Labute approximate surface area is 113 Å². The van der Waals surface area contributed by atoms with E-state index in [0.29, 0.717) is 12.0 Å². The van der Waals surface area contributed by atoms with Crippen molar-refractivity contribution in [2.75, 3.05) is 7.05 Å². The quantitative estimate of drug-likeness (QED) is 0.896. The van der Waals surface area contributed by atoms with Gasteiger partial charge in [0.1, 0.15) is 0 Å². The summed E-state index contributed by atoms with van der Waals surface area (Å²) in [6.07, 6.45) is 2.12. The molecule has 0 radical (unpaired) electrons. The number of hydrogen-bond donors (Lipinski definition) is 1. The number of hydrogen-bond acceptors (Lipinski definition) is 3. The zero-order valence-corrected chi connectivity index (χ0v) is 12.3. The molecule has 0 saturated heterocycles. The number of rotatable bonds is 5. The van der Waals surface area contributed by atoms with Crippen LogP contribution in [-0.4, -0.2) is 16.6 Å². The maximum atomic E-state index is 4.69. The lowest BCUT2D eigenvalue weighted by Gasteiger charge is -2.14. The molecule has 0 amide bonds. The van der Waals surface area contributed by atoms with Crippen molar-refractivity contribution >= 4 is 11.3 Å². The molecule has 0 bridgehead atoms. The van der Waals surface area contributed by atoms with Gasteiger partial charge in [0.2, 0.25) is 0 Å². The van der Waals surface area contributed by atoms with Gasteiger partial charge in [0.25, 0.3) is 0 Å². The minimum Gasteiger partial charge on any atom is -0.344 e. The molecule has 0 spiro atoms. The zero-order valence-electron chi connectivity index (χ0n) is 11.5. The van der Waals surface area contributed by atoms with Crippen molar-refractivity contribution in [2.45, 2.75) is 39.3 Å². The molecule has 0 aliphatic carbocycles. The molecule has 1 unspecified atom stereocenters. The first-order valence-corrected chi connectivity index (χ1v) is 7.26. The Morgan fingerprint density at radius 1 is 1.39 bits per heavy atom. The van der Waals surface area contributed by atoms with Gasteiger partial charge < -0.3 is 9.88 Å². The molecule has 0 aliphatic heterocycles. The molecule has 0 saturated carbocycles. The molecule has 2 rings (SSSR count). The minimum absolute atomic E-state index is 0.364. The summed E-state index contributed by atoms with van der Waals surface area (Å²) in [5.41, 5.74) is 2.46. The Morgan fingerprint density at radius 2 is 2.17 bits per heavy atom. The highest BCUT2D eigenvalue weighted by Crippen LogP contribution is 2.21. The fourth-order valence-corrected chi connectivity index (χ4v) is 2.77. The van der Waals surface area contributed by atoms with E-state index < -0.39 is 0 Å². The first-order valence-electron chi connectivity index (χ1n) is 6.38. The van der Waals surface area contributed by atoms with Gasteiger partial charge in [-0.05, 0) is 26.1 Å². The number of thiazole rings is 1. The second-order valence-corrected chi connectivity index (χ2v) is 5.79. The maximum absolute atomic E-state index is 4.69. The van der Waals surface area contributed by atoms with Gasteiger partial charge in [0.05, 0.1) is 17.2 Å². The van der Waals surface area contributed by atoms with E-state index in [0.717, 1.165) is 12.2 Å². The second kappa shape index (κ2) is 5.67. The SMILES string of the molecule is CNC(C)c1cccn1Cc1csc(C(C)C)n1. The summed E-state index contributed by atoms with van der Waals surface area (Å²) in [6, 6.07) is 4.62. The fourth-order valence-electron chi connectivity index (χ4n) is 1.95. The lowest BCUT2D eigenvalue weighted by Crippen LogP contribution is -2.17. The predicted octanol–water partition coefficient (Wildman–Crippen LogP) is 3.40. The standard InChI is InChI=1S/C14H21N3S/c1-10(2)14-16-12(9-18-14)8-17-7-5-6-13(17)11(3)15-4/h5-7,9-11,15H,8H2,1-4H3. The zero-order chi connectivity index (χ0) is 13.1. The van der Waals surface area contributed by atoms with Gasteiger partial charge in [-0.25, -0.2) is 4.98 Å². The van der Waals surface area contributed by atoms with Gasteiger partial charge in [-0.15, -0.1) is 11.3 Å². The molecule has 2 aromatic heterocycles. The molecule has 98 valence electrons. The Kier molecular flexibility index (Phi) is 4.19. The van der Waals surface area contributed by atoms with E-state index in [1.165, 1.54) is 10.7 Å². The number of nitrogens with zero attached hydrogens (tertiary/aromatic N) is 2. The van der Waals surface area contributed by atoms with E-state index in [4.69, 9.17) is 0 Å². The molecule has 0 aliphatic rings. The Hall–Kier alpha value is -1.13. The third kappa shape index (κ3) is 2.82. The monoisotopic (exact) mass is 263 g/mol. The van der Waals surface area contributed by atoms with Crippen molar-refractivity contribution in [3.05, 3.63) is 40.1 Å². The number of aromatic nitrogens is 2. The van der Waals surface area contributed by atoms with Crippen LogP contribution < -0.4 is 5.32 Å². The average Bonchev–Trinajstić information content (AvgIpc) is 2.97. The first kappa shape index (κ1) is 13.3. The molecule has 3 nitrogen and oxygen atoms in total. The van der Waals surface area contributed by atoms with Crippen molar-refractivity contribution in [3.8, 4) is 0 Å². The van der Waals surface area contributed by atoms with Crippen molar-refractivity contribution in [1.29, 1.82) is 0 Å². The van der Waals surface area contributed by atoms with Crippen LogP contribution in [0, 0.1) is 0 Å². The van der Waals surface area contributed by atoms with E-state index in [9.17, 15) is 0 Å². The van der Waals surface area contributed by atoms with E-state index in [1.807, 2.05) is 7.05 Å². The van der Waals surface area contributed by atoms with Gasteiger partial charge in [-0.1, -0.05) is 13.8 Å². The summed E-state index contributed by atoms with van der Waals surface area (Å²) in [5, 5.41) is 6.67. The molecule has 1 N–H and O–H groups in total. The van der Waals surface area contributed by atoms with Crippen molar-refractivity contribution in [1.82, 2.24) is 14.9 Å². The van der Waals surface area contributed by atoms with Gasteiger partial charge in [-0.3, -0.25) is 0 Å². The van der Waals surface area contributed by atoms with Crippen LogP contribution in [0.25, 0.3) is 0 Å². The minimum atomic E-state index is 0.364. The molecule has 18 heavy (non-hydrogen) atoms. The Bertz CT molecular complexity index is 499. The van der Waals surface area contributed by atoms with Crippen LogP contribution in [-0.2, 0) is 6.54 Å². The highest BCUT2D eigenvalue weighted by atomic mass is 32.1. The normalized spacial score (nSPS) is 13.2. The highest BCUT2D eigenvalue weighted by molar-refractivity contribution is 7.09. The van der Waals surface area contributed by atoms with Crippen LogP contribution in [0.2, 0.25) is 0 Å². The van der Waals surface area contributed by atoms with Crippen LogP contribution in [0.15, 0.2) is 23.7 Å². The van der Waals surface area contributed by atoms with E-state index in [-0.39, 0.29) is 0 Å². The maximum Gasteiger partial charge on any atom is 0.0954 e. The Balaban J connectivity index is 2.15. The van der Waals surface area contributed by atoms with Crippen LogP contribution in [0.5, 0.6) is 0 Å². The third-order valence-electron chi connectivity index (χ3n) is 3.14. The summed E-state index contributed by atoms with van der Waals surface area (Å²) < 4.78 is 2.26. The molecular weight excluding hydrogens is 242 g/mol. The van der Waals surface area contributed by atoms with Gasteiger partial charge in [-0.2, -0.15) is 0 Å². The lowest BCUT2D eigenvalue weighted by atomic mass is 10.2. The molecule has 4 heteroatoms. The summed E-state index contributed by atoms with van der Waals surface area (Å²) in [4.78, 5) is 4.69. The first-order chi connectivity index (χ1) is 8.61. The van der Waals surface area contributed by atoms with E-state index in [2.05, 4.69) is 59.3 Å². The van der Waals surface area contributed by atoms with Crippen LogP contribution in [0.1, 0.15) is 49.1 Å². The van der Waals surface area contributed by atoms with Crippen molar-refractivity contribution in [2.24, 2.45) is 0 Å². The van der Waals surface area contributed by atoms with Crippen molar-refractivity contribution < 1.29 is 0 Å². The van der Waals surface area contributed by atoms with Crippen LogP contribution >= 0.6 is 11.3 Å². The average molecular weight is 263 g/mol. The number of nitrogens with one attached hydrogen (secondary N) is 1. The fraction of sp³-hybridized carbons (Fsp3) is 0.500. The topological polar surface area (TPSA) is 29.9 Å². The van der Waals surface area contributed by atoms with Crippen LogP contribution in [0.3, 0.4) is 0 Å². The van der Waals surface area contributed by atoms with Crippen molar-refractivity contribution in [3.63, 3.8) is 0 Å². The molecular formula is C14H21N3S. The van der Waals surface area contributed by atoms with E-state index >= 15 is 0 Å². The molecule has 0 aromatic carbocycles. The summed E-state index contributed by atoms with van der Waals surface area (Å²) >= 11 is 1.76. The smallest absolute Gasteiger partial charge is 0.0954 e. The largest absolute Gasteiger partial charge is 0.344 e. The molecule has 1 atom stereocenters. The van der Waals surface area contributed by atoms with E-state index in [1.54, 1.807) is 11.3 Å². The van der Waals surface area contributed by atoms with Gasteiger partial charge >= 0.3 is 0 Å². The highest BCUT2D eigenvalue weighted by Gasteiger charge is 2.10. The predicted molar refractivity (Wildman–Crippen MR) is 77.2 cm³/mol. The molecule has 0 fully saturated rings. The van der Waals surface area contributed by atoms with Gasteiger partial charge in [0.15, 0.2) is 0 Å². The molecule has 2 aromatic rings. The second-order valence-electron chi connectivity index (χ2n) is 4.90. The van der Waals surface area contributed by atoms with Gasteiger partial charge in [0, 0.05) is 29.2 Å². The summed E-state index contributed by atoms with van der Waals surface area (Å²) in [6.45, 7) is 7.41.